The van der Waals surface area contributed by atoms with Crippen LogP contribution in [0.4, 0.5) is 11.8 Å². The summed E-state index contributed by atoms with van der Waals surface area (Å²) < 4.78 is 7.50. The van der Waals surface area contributed by atoms with Gasteiger partial charge in [0, 0.05) is 18.5 Å². The molecule has 6 rings (SSSR count). The van der Waals surface area contributed by atoms with E-state index >= 15 is 0 Å². The summed E-state index contributed by atoms with van der Waals surface area (Å²) in [6.45, 7) is 3.39. The number of anilines is 2. The maximum absolute atomic E-state index is 5.50. The van der Waals surface area contributed by atoms with Gasteiger partial charge in [0.15, 0.2) is 17.0 Å². The lowest BCUT2D eigenvalue weighted by molar-refractivity contribution is 0.122. The summed E-state index contributed by atoms with van der Waals surface area (Å²) in [6, 6.07) is 10.1. The van der Waals surface area contributed by atoms with Crippen LogP contribution in [0.25, 0.3) is 27.9 Å². The quantitative estimate of drug-likeness (QED) is 0.440. The summed E-state index contributed by atoms with van der Waals surface area (Å²) in [7, 11) is 0. The van der Waals surface area contributed by atoms with E-state index in [1.165, 1.54) is 0 Å². The van der Waals surface area contributed by atoms with Gasteiger partial charge in [0.25, 0.3) is 0 Å². The van der Waals surface area contributed by atoms with Gasteiger partial charge in [-0.3, -0.25) is 4.57 Å². The van der Waals surface area contributed by atoms with Gasteiger partial charge in [-0.25, -0.2) is 9.97 Å². The molecule has 5 heterocycles. The lowest BCUT2D eigenvalue weighted by atomic mass is 10.3. The third-order valence-corrected chi connectivity index (χ3v) is 6.00. The molecule has 0 atom stereocenters. The minimum Gasteiger partial charge on any atom is -0.378 e. The number of thiophene rings is 1. The molecule has 156 valence electrons. The van der Waals surface area contributed by atoms with E-state index in [4.69, 9.17) is 14.7 Å². The summed E-state index contributed by atoms with van der Waals surface area (Å²) >= 11 is 1.65. The third-order valence-electron chi connectivity index (χ3n) is 5.32. The number of hydrogen-bond acceptors (Lipinski definition) is 8. The Morgan fingerprint density at radius 1 is 1.10 bits per heavy atom. The maximum Gasteiger partial charge on any atom is 0.229 e. The molecule has 0 radical (unpaired) electrons. The summed E-state index contributed by atoms with van der Waals surface area (Å²) in [5.41, 5.74) is 4.52. The average Bonchev–Trinajstić information content (AvgIpc) is 3.56. The van der Waals surface area contributed by atoms with Gasteiger partial charge in [-0.1, -0.05) is 12.1 Å². The molecule has 10 heteroatoms. The Balaban J connectivity index is 1.39. The zero-order chi connectivity index (χ0) is 20.6. The molecule has 5 aromatic rings. The first-order valence-corrected chi connectivity index (χ1v) is 11.1. The number of benzene rings is 1. The van der Waals surface area contributed by atoms with Crippen molar-refractivity contribution in [1.82, 2.24) is 29.5 Å². The van der Waals surface area contributed by atoms with Crippen molar-refractivity contribution >= 4 is 45.3 Å². The number of morpholine rings is 1. The maximum atomic E-state index is 5.50. The molecule has 0 aliphatic carbocycles. The van der Waals surface area contributed by atoms with Gasteiger partial charge < -0.3 is 19.9 Å². The highest BCUT2D eigenvalue weighted by molar-refractivity contribution is 7.08. The topological polar surface area (TPSA) is 96.8 Å². The molecule has 9 nitrogen and oxygen atoms in total. The summed E-state index contributed by atoms with van der Waals surface area (Å²) in [5, 5.41) is 7.56. The fourth-order valence-electron chi connectivity index (χ4n) is 3.76. The van der Waals surface area contributed by atoms with Crippen molar-refractivity contribution in [3.05, 3.63) is 53.2 Å². The first kappa shape index (κ1) is 18.3. The highest BCUT2D eigenvalue weighted by Crippen LogP contribution is 2.26. The predicted octanol–water partition coefficient (Wildman–Crippen LogP) is 3.20. The molecule has 0 bridgehead atoms. The fourth-order valence-corrected chi connectivity index (χ4v) is 4.38. The second-order valence-electron chi connectivity index (χ2n) is 7.29. The van der Waals surface area contributed by atoms with Gasteiger partial charge >= 0.3 is 0 Å². The lowest BCUT2D eigenvalue weighted by Crippen LogP contribution is -2.37. The fraction of sp³-hybridized carbons (Fsp3) is 0.238. The van der Waals surface area contributed by atoms with E-state index in [-0.39, 0.29) is 0 Å². The highest BCUT2D eigenvalue weighted by Gasteiger charge is 2.20. The largest absolute Gasteiger partial charge is 0.378 e. The lowest BCUT2D eigenvalue weighted by Gasteiger charge is -2.27. The van der Waals surface area contributed by atoms with E-state index in [1.54, 1.807) is 17.7 Å². The molecule has 1 saturated heterocycles. The van der Waals surface area contributed by atoms with Crippen molar-refractivity contribution in [2.24, 2.45) is 0 Å². The van der Waals surface area contributed by atoms with Crippen LogP contribution in [0.5, 0.6) is 0 Å². The number of ether oxygens (including phenoxy) is 1. The van der Waals surface area contributed by atoms with Crippen LogP contribution in [-0.2, 0) is 11.3 Å². The zero-order valence-electron chi connectivity index (χ0n) is 16.7. The van der Waals surface area contributed by atoms with E-state index in [2.05, 4.69) is 36.6 Å². The molecule has 0 spiro atoms. The second-order valence-corrected chi connectivity index (χ2v) is 8.07. The molecule has 0 amide bonds. The van der Waals surface area contributed by atoms with Crippen molar-refractivity contribution in [2.45, 2.75) is 6.54 Å². The molecule has 1 aromatic carbocycles. The third kappa shape index (κ3) is 3.39. The molecular formula is C21H20N8OS. The Bertz CT molecular complexity index is 1300. The van der Waals surface area contributed by atoms with Gasteiger partial charge in [0.05, 0.1) is 36.5 Å². The Morgan fingerprint density at radius 2 is 2.00 bits per heavy atom. The number of nitrogens with one attached hydrogen (secondary N) is 2. The minimum atomic E-state index is 0.509. The van der Waals surface area contributed by atoms with Crippen LogP contribution in [0, 0.1) is 0 Å². The normalized spacial score (nSPS) is 14.5. The van der Waals surface area contributed by atoms with Gasteiger partial charge in [0.1, 0.15) is 12.2 Å². The Hall–Kier alpha value is -3.50. The molecule has 31 heavy (non-hydrogen) atoms. The number of nitrogens with zero attached hydrogens (tertiary/aromatic N) is 6. The molecule has 4 aromatic heterocycles. The predicted molar refractivity (Wildman–Crippen MR) is 121 cm³/mol. The summed E-state index contributed by atoms with van der Waals surface area (Å²) in [4.78, 5) is 24.5. The SMILES string of the molecule is c1ccc2[nH]c(CNc3nc(N4CCOCC4)nc4c3ncn4-c3ccsc3)nc2c1. The van der Waals surface area contributed by atoms with Crippen LogP contribution in [0.2, 0.25) is 0 Å². The highest BCUT2D eigenvalue weighted by atomic mass is 32.1. The minimum absolute atomic E-state index is 0.509. The molecule has 2 N–H and O–H groups in total. The first-order chi connectivity index (χ1) is 15.3. The first-order valence-electron chi connectivity index (χ1n) is 10.1. The monoisotopic (exact) mass is 432 g/mol. The molecule has 1 fully saturated rings. The summed E-state index contributed by atoms with van der Waals surface area (Å²) in [6.07, 6.45) is 1.80. The van der Waals surface area contributed by atoms with Crippen molar-refractivity contribution in [2.75, 3.05) is 36.5 Å². The molecule has 1 aliphatic heterocycles. The van der Waals surface area contributed by atoms with Crippen molar-refractivity contribution in [3.63, 3.8) is 0 Å². The zero-order valence-corrected chi connectivity index (χ0v) is 17.5. The molecule has 0 unspecified atom stereocenters. The van der Waals surface area contributed by atoms with Crippen molar-refractivity contribution < 1.29 is 4.74 Å². The second kappa shape index (κ2) is 7.64. The number of H-pyrrole nitrogens is 1. The number of imidazole rings is 2. The number of aromatic nitrogens is 6. The van der Waals surface area contributed by atoms with E-state index in [0.29, 0.717) is 31.5 Å². The molecule has 0 saturated carbocycles. The van der Waals surface area contributed by atoms with Crippen LogP contribution >= 0.6 is 11.3 Å². The van der Waals surface area contributed by atoms with Crippen LogP contribution in [0.1, 0.15) is 5.82 Å². The van der Waals surface area contributed by atoms with Gasteiger partial charge in [-0.05, 0) is 23.6 Å². The number of fused-ring (bicyclic) bond motifs is 2. The molecule has 1 aliphatic rings. The standard InChI is InChI=1S/C21H20N8OS/c1-2-4-16-15(3-1)24-17(25-16)11-22-19-18-20(29(13-23-18)14-5-10-31-12-14)27-21(26-19)28-6-8-30-9-7-28/h1-5,10,12-13H,6-9,11H2,(H,24,25)(H,22,26,27). The van der Waals surface area contributed by atoms with Crippen LogP contribution < -0.4 is 10.2 Å². The van der Waals surface area contributed by atoms with E-state index in [9.17, 15) is 0 Å². The van der Waals surface area contributed by atoms with Crippen LogP contribution in [0.15, 0.2) is 47.4 Å². The van der Waals surface area contributed by atoms with E-state index in [1.807, 2.05) is 34.2 Å². The number of aromatic amines is 1. The van der Waals surface area contributed by atoms with Crippen molar-refractivity contribution in [1.29, 1.82) is 0 Å². The van der Waals surface area contributed by atoms with E-state index < -0.39 is 0 Å². The number of hydrogen-bond donors (Lipinski definition) is 2. The molecular weight excluding hydrogens is 412 g/mol. The number of rotatable bonds is 5. The van der Waals surface area contributed by atoms with Gasteiger partial charge in [-0.2, -0.15) is 21.3 Å². The van der Waals surface area contributed by atoms with Crippen LogP contribution in [0.3, 0.4) is 0 Å². The van der Waals surface area contributed by atoms with Crippen molar-refractivity contribution in [3.8, 4) is 5.69 Å². The Labute approximate surface area is 181 Å². The smallest absolute Gasteiger partial charge is 0.229 e. The van der Waals surface area contributed by atoms with Gasteiger partial charge in [-0.15, -0.1) is 0 Å². The van der Waals surface area contributed by atoms with E-state index in [0.717, 1.165) is 46.8 Å². The Morgan fingerprint density at radius 3 is 2.84 bits per heavy atom. The average molecular weight is 433 g/mol. The van der Waals surface area contributed by atoms with Crippen LogP contribution in [-0.4, -0.2) is 55.8 Å². The number of para-hydroxylation sites is 2. The Kier molecular flexibility index (Phi) is 4.50. The van der Waals surface area contributed by atoms with Gasteiger partial charge in [0.2, 0.25) is 5.95 Å². The summed E-state index contributed by atoms with van der Waals surface area (Å²) in [5.74, 6) is 2.22.